The van der Waals surface area contributed by atoms with Crippen LogP contribution in [0.4, 0.5) is 0 Å². The molecule has 1 N–H and O–H groups in total. The van der Waals surface area contributed by atoms with Gasteiger partial charge in [0.2, 0.25) is 0 Å². The SMILES string of the molecule is Cc1nc2ccccc2c(-c2ccc3c4c2ccn4CCCO3)c1[C@H](OC(C)(C)C)C(=O)O. The number of aryl methyl sites for hydroxylation is 2. The summed E-state index contributed by atoms with van der Waals surface area (Å²) in [5.74, 6) is -0.174. The van der Waals surface area contributed by atoms with Crippen LogP contribution in [0, 0.1) is 6.92 Å². The lowest BCUT2D eigenvalue weighted by atomic mass is 9.89. The normalized spacial score (nSPS) is 14.8. The number of nitrogens with zero attached hydrogens (tertiary/aromatic N) is 2. The molecule has 6 nitrogen and oxygen atoms in total. The van der Waals surface area contributed by atoms with Crippen LogP contribution in [-0.2, 0) is 16.1 Å². The maximum absolute atomic E-state index is 12.5. The minimum Gasteiger partial charge on any atom is -0.491 e. The van der Waals surface area contributed by atoms with Crippen molar-refractivity contribution in [2.24, 2.45) is 0 Å². The van der Waals surface area contributed by atoms with Crippen molar-refractivity contribution in [3.63, 3.8) is 0 Å². The highest BCUT2D eigenvalue weighted by molar-refractivity contribution is 6.07. The Morgan fingerprint density at radius 1 is 1.15 bits per heavy atom. The molecule has 0 saturated heterocycles. The van der Waals surface area contributed by atoms with Crippen molar-refractivity contribution in [1.29, 1.82) is 0 Å². The van der Waals surface area contributed by atoms with Gasteiger partial charge in [-0.25, -0.2) is 4.79 Å². The number of aromatic nitrogens is 2. The molecule has 0 bridgehead atoms. The van der Waals surface area contributed by atoms with Crippen LogP contribution < -0.4 is 4.74 Å². The maximum atomic E-state index is 12.5. The number of rotatable bonds is 4. The highest BCUT2D eigenvalue weighted by Crippen LogP contribution is 2.44. The van der Waals surface area contributed by atoms with Gasteiger partial charge in [0.1, 0.15) is 5.75 Å². The van der Waals surface area contributed by atoms with Crippen LogP contribution in [-0.4, -0.2) is 32.8 Å². The molecule has 0 aliphatic carbocycles. The minimum absolute atomic E-state index is 0.591. The zero-order chi connectivity index (χ0) is 23.3. The van der Waals surface area contributed by atoms with E-state index < -0.39 is 17.7 Å². The first-order chi connectivity index (χ1) is 15.7. The van der Waals surface area contributed by atoms with Gasteiger partial charge >= 0.3 is 5.97 Å². The van der Waals surface area contributed by atoms with Crippen molar-refractivity contribution in [3.8, 4) is 16.9 Å². The van der Waals surface area contributed by atoms with Gasteiger partial charge in [0.25, 0.3) is 0 Å². The highest BCUT2D eigenvalue weighted by atomic mass is 16.5. The second kappa shape index (κ2) is 7.89. The number of ether oxygens (including phenoxy) is 2. The van der Waals surface area contributed by atoms with Crippen LogP contribution >= 0.6 is 0 Å². The monoisotopic (exact) mass is 444 g/mol. The molecule has 4 aromatic rings. The van der Waals surface area contributed by atoms with E-state index in [1.165, 1.54) is 0 Å². The summed E-state index contributed by atoms with van der Waals surface area (Å²) >= 11 is 0. The first-order valence-electron chi connectivity index (χ1n) is 11.3. The van der Waals surface area contributed by atoms with Crippen molar-refractivity contribution in [3.05, 3.63) is 59.9 Å². The Bertz CT molecular complexity index is 1380. The van der Waals surface area contributed by atoms with Gasteiger partial charge in [-0.05, 0) is 69.5 Å². The molecule has 33 heavy (non-hydrogen) atoms. The highest BCUT2D eigenvalue weighted by Gasteiger charge is 2.33. The van der Waals surface area contributed by atoms with E-state index in [-0.39, 0.29) is 0 Å². The molecule has 2 aromatic heterocycles. The fraction of sp³-hybridized carbons (Fsp3) is 0.333. The van der Waals surface area contributed by atoms with Crippen LogP contribution in [0.1, 0.15) is 44.6 Å². The molecule has 0 saturated carbocycles. The summed E-state index contributed by atoms with van der Waals surface area (Å²) in [5.41, 5.74) is 4.27. The Morgan fingerprint density at radius 2 is 1.94 bits per heavy atom. The number of carboxylic acids is 1. The van der Waals surface area contributed by atoms with E-state index in [0.717, 1.165) is 51.6 Å². The van der Waals surface area contributed by atoms with E-state index in [4.69, 9.17) is 14.5 Å². The fourth-order valence-electron chi connectivity index (χ4n) is 4.78. The van der Waals surface area contributed by atoms with Gasteiger partial charge in [-0.2, -0.15) is 0 Å². The van der Waals surface area contributed by atoms with Gasteiger partial charge in [-0.1, -0.05) is 18.2 Å². The van der Waals surface area contributed by atoms with Crippen LogP contribution in [0.25, 0.3) is 32.9 Å². The standard InChI is InChI=1S/C27H28N2O4/c1-16-22(25(26(30)31)33-27(2,3)4)23(19-8-5-6-9-20(19)28-16)17-10-11-21-24-18(17)12-14-29(24)13-7-15-32-21/h5-6,8-12,14,25H,7,13,15H2,1-4H3,(H,30,31)/t25-/m0/s1. The Morgan fingerprint density at radius 3 is 2.70 bits per heavy atom. The number of para-hydroxylation sites is 1. The molecule has 0 amide bonds. The largest absolute Gasteiger partial charge is 0.491 e. The molecule has 0 spiro atoms. The number of benzene rings is 2. The zero-order valence-electron chi connectivity index (χ0n) is 19.4. The third-order valence-corrected chi connectivity index (χ3v) is 6.04. The lowest BCUT2D eigenvalue weighted by molar-refractivity contribution is -0.160. The van der Waals surface area contributed by atoms with E-state index in [9.17, 15) is 9.90 Å². The average molecular weight is 445 g/mol. The van der Waals surface area contributed by atoms with Gasteiger partial charge in [0.15, 0.2) is 6.10 Å². The summed E-state index contributed by atoms with van der Waals surface area (Å²) in [4.78, 5) is 17.3. The van der Waals surface area contributed by atoms with Crippen LogP contribution in [0.15, 0.2) is 48.7 Å². The lowest BCUT2D eigenvalue weighted by Crippen LogP contribution is -2.28. The molecular formula is C27H28N2O4. The van der Waals surface area contributed by atoms with Crippen molar-refractivity contribution in [1.82, 2.24) is 9.55 Å². The van der Waals surface area contributed by atoms with E-state index >= 15 is 0 Å². The van der Waals surface area contributed by atoms with E-state index in [1.807, 2.05) is 64.1 Å². The molecule has 1 aliphatic heterocycles. The molecule has 0 fully saturated rings. The third-order valence-electron chi connectivity index (χ3n) is 6.04. The number of aliphatic carboxylic acids is 1. The van der Waals surface area contributed by atoms with Gasteiger partial charge in [-0.15, -0.1) is 0 Å². The van der Waals surface area contributed by atoms with Gasteiger partial charge in [-0.3, -0.25) is 4.98 Å². The topological polar surface area (TPSA) is 73.6 Å². The van der Waals surface area contributed by atoms with Crippen LogP contribution in [0.5, 0.6) is 5.75 Å². The number of pyridine rings is 1. The smallest absolute Gasteiger partial charge is 0.337 e. The number of hydrogen-bond donors (Lipinski definition) is 1. The first-order valence-corrected chi connectivity index (χ1v) is 11.3. The molecule has 0 unspecified atom stereocenters. The molecule has 3 heterocycles. The van der Waals surface area contributed by atoms with Crippen molar-refractivity contribution in [2.75, 3.05) is 6.61 Å². The van der Waals surface area contributed by atoms with Crippen molar-refractivity contribution in [2.45, 2.75) is 52.4 Å². The van der Waals surface area contributed by atoms with E-state index in [1.54, 1.807) is 0 Å². The Hall–Kier alpha value is -3.38. The Kier molecular flexibility index (Phi) is 5.13. The molecule has 170 valence electrons. The minimum atomic E-state index is -1.15. The molecule has 0 radical (unpaired) electrons. The number of carboxylic acid groups (broad SMARTS) is 1. The number of fused-ring (bicyclic) bond motifs is 1. The van der Waals surface area contributed by atoms with Crippen molar-refractivity contribution >= 4 is 27.8 Å². The molecular weight excluding hydrogens is 416 g/mol. The number of carbonyl (C=O) groups is 1. The summed E-state index contributed by atoms with van der Waals surface area (Å²) in [6, 6.07) is 14.0. The van der Waals surface area contributed by atoms with Gasteiger partial charge in [0, 0.05) is 34.8 Å². The maximum Gasteiger partial charge on any atom is 0.337 e. The second-order valence-electron chi connectivity index (χ2n) is 9.54. The molecule has 2 aromatic carbocycles. The molecule has 1 aliphatic rings. The third kappa shape index (κ3) is 3.74. The van der Waals surface area contributed by atoms with Gasteiger partial charge < -0.3 is 19.1 Å². The molecule has 6 heteroatoms. The summed E-state index contributed by atoms with van der Waals surface area (Å²) in [6.45, 7) is 9.03. The summed E-state index contributed by atoms with van der Waals surface area (Å²) in [5, 5.41) is 12.2. The number of hydrogen-bond acceptors (Lipinski definition) is 4. The summed E-state index contributed by atoms with van der Waals surface area (Å²) < 4.78 is 14.3. The Labute approximate surface area is 192 Å². The van der Waals surface area contributed by atoms with E-state index in [2.05, 4.69) is 16.8 Å². The summed E-state index contributed by atoms with van der Waals surface area (Å²) in [6.07, 6.45) is 1.88. The van der Waals surface area contributed by atoms with Crippen LogP contribution in [0.2, 0.25) is 0 Å². The van der Waals surface area contributed by atoms with Gasteiger partial charge in [0.05, 0.1) is 23.2 Å². The predicted molar refractivity (Wildman–Crippen MR) is 129 cm³/mol. The molecule has 5 rings (SSSR count). The molecule has 1 atom stereocenters. The second-order valence-corrected chi connectivity index (χ2v) is 9.54. The van der Waals surface area contributed by atoms with Crippen LogP contribution in [0.3, 0.4) is 0 Å². The first kappa shape index (κ1) is 21.5. The summed E-state index contributed by atoms with van der Waals surface area (Å²) in [7, 11) is 0. The quantitative estimate of drug-likeness (QED) is 0.425. The Balaban J connectivity index is 1.88. The zero-order valence-corrected chi connectivity index (χ0v) is 19.4. The fourth-order valence-corrected chi connectivity index (χ4v) is 4.78. The van der Waals surface area contributed by atoms with Crippen molar-refractivity contribution < 1.29 is 19.4 Å². The predicted octanol–water partition coefficient (Wildman–Crippen LogP) is 5.89. The average Bonchev–Trinajstić information content (AvgIpc) is 3.07. The van der Waals surface area contributed by atoms with E-state index in [0.29, 0.717) is 17.9 Å². The lowest BCUT2D eigenvalue weighted by Gasteiger charge is -2.28.